The second-order valence-corrected chi connectivity index (χ2v) is 7.65. The summed E-state index contributed by atoms with van der Waals surface area (Å²) in [5.74, 6) is 0. The van der Waals surface area contributed by atoms with Gasteiger partial charge in [-0.2, -0.15) is 0 Å². The van der Waals surface area contributed by atoms with E-state index >= 15 is 0 Å². The van der Waals surface area contributed by atoms with Crippen molar-refractivity contribution in [3.63, 3.8) is 0 Å². The summed E-state index contributed by atoms with van der Waals surface area (Å²) < 4.78 is 0. The van der Waals surface area contributed by atoms with Gasteiger partial charge in [-0.05, 0) is 50.6 Å². The van der Waals surface area contributed by atoms with Crippen LogP contribution in [0.2, 0.25) is 0 Å². The van der Waals surface area contributed by atoms with Gasteiger partial charge in [0.25, 0.3) is 0 Å². The minimum atomic E-state index is 0.328. The maximum absolute atomic E-state index is 6.58. The molecule has 3 rings (SSSR count). The van der Waals surface area contributed by atoms with E-state index in [0.29, 0.717) is 17.5 Å². The zero-order valence-electron chi connectivity index (χ0n) is 12.8. The first kappa shape index (κ1) is 13.8. The summed E-state index contributed by atoms with van der Waals surface area (Å²) in [6, 6.07) is 1.81. The van der Waals surface area contributed by atoms with E-state index in [0.717, 1.165) is 6.04 Å². The Bertz CT molecular complexity index is 309. The molecule has 1 aliphatic carbocycles. The van der Waals surface area contributed by atoms with Gasteiger partial charge in [0.1, 0.15) is 0 Å². The van der Waals surface area contributed by atoms with Crippen LogP contribution in [0.5, 0.6) is 0 Å². The second kappa shape index (κ2) is 5.34. The Kier molecular flexibility index (Phi) is 3.89. The zero-order chi connectivity index (χ0) is 13.5. The van der Waals surface area contributed by atoms with Crippen molar-refractivity contribution in [1.82, 2.24) is 9.80 Å². The first-order valence-corrected chi connectivity index (χ1v) is 8.31. The molecule has 19 heavy (non-hydrogen) atoms. The molecular weight excluding hydrogens is 234 g/mol. The first-order chi connectivity index (χ1) is 9.08. The molecule has 2 aliphatic heterocycles. The van der Waals surface area contributed by atoms with E-state index in [1.807, 2.05) is 0 Å². The maximum atomic E-state index is 6.58. The van der Waals surface area contributed by atoms with Crippen molar-refractivity contribution in [1.29, 1.82) is 0 Å². The van der Waals surface area contributed by atoms with Gasteiger partial charge < -0.3 is 5.73 Å². The smallest absolute Gasteiger partial charge is 0.0253 e. The molecule has 3 aliphatic rings. The second-order valence-electron chi connectivity index (χ2n) is 7.65. The van der Waals surface area contributed by atoms with Crippen LogP contribution in [-0.2, 0) is 0 Å². The van der Waals surface area contributed by atoms with Crippen molar-refractivity contribution < 1.29 is 0 Å². The molecule has 0 spiro atoms. The van der Waals surface area contributed by atoms with Crippen LogP contribution in [0.4, 0.5) is 0 Å². The summed E-state index contributed by atoms with van der Waals surface area (Å²) in [6.07, 6.45) is 8.16. The van der Waals surface area contributed by atoms with Crippen molar-refractivity contribution >= 4 is 0 Å². The van der Waals surface area contributed by atoms with E-state index in [-0.39, 0.29) is 0 Å². The fourth-order valence-corrected chi connectivity index (χ4v) is 4.52. The predicted molar refractivity (Wildman–Crippen MR) is 80.2 cm³/mol. The number of nitrogens with zero attached hydrogens (tertiary/aromatic N) is 2. The Hall–Kier alpha value is -0.120. The van der Waals surface area contributed by atoms with E-state index in [1.165, 1.54) is 64.7 Å². The molecular formula is C16H31N3. The van der Waals surface area contributed by atoms with Crippen molar-refractivity contribution in [3.05, 3.63) is 0 Å². The van der Waals surface area contributed by atoms with Gasteiger partial charge in [0.2, 0.25) is 0 Å². The Morgan fingerprint density at radius 2 is 1.68 bits per heavy atom. The summed E-state index contributed by atoms with van der Waals surface area (Å²) in [5, 5.41) is 0. The molecule has 0 amide bonds. The molecule has 3 nitrogen and oxygen atoms in total. The van der Waals surface area contributed by atoms with Crippen LogP contribution >= 0.6 is 0 Å². The summed E-state index contributed by atoms with van der Waals surface area (Å²) in [7, 11) is 0. The minimum absolute atomic E-state index is 0.328. The maximum Gasteiger partial charge on any atom is 0.0253 e. The molecule has 110 valence electrons. The molecule has 3 unspecified atom stereocenters. The standard InChI is InChI=1S/C16H31N3/c1-16(2)8-5-6-14(15(16)17)19-11-7-13(12-19)18-9-3-4-10-18/h13-15H,3-12,17H2,1-2H3. The average molecular weight is 265 g/mol. The van der Waals surface area contributed by atoms with Gasteiger partial charge in [0.15, 0.2) is 0 Å². The fraction of sp³-hybridized carbons (Fsp3) is 1.00. The monoisotopic (exact) mass is 265 g/mol. The highest BCUT2D eigenvalue weighted by molar-refractivity contribution is 4.99. The van der Waals surface area contributed by atoms with Crippen LogP contribution in [0.25, 0.3) is 0 Å². The van der Waals surface area contributed by atoms with E-state index < -0.39 is 0 Å². The summed E-state index contributed by atoms with van der Waals surface area (Å²) >= 11 is 0. The summed E-state index contributed by atoms with van der Waals surface area (Å²) in [4.78, 5) is 5.44. The van der Waals surface area contributed by atoms with Crippen LogP contribution in [0.15, 0.2) is 0 Å². The molecule has 3 heteroatoms. The highest BCUT2D eigenvalue weighted by Gasteiger charge is 2.41. The number of nitrogens with two attached hydrogens (primary N) is 1. The van der Waals surface area contributed by atoms with Crippen molar-refractivity contribution in [2.24, 2.45) is 11.1 Å². The molecule has 3 atom stereocenters. The van der Waals surface area contributed by atoms with Crippen LogP contribution in [0.1, 0.15) is 52.4 Å². The van der Waals surface area contributed by atoms with Crippen molar-refractivity contribution in [3.8, 4) is 0 Å². The van der Waals surface area contributed by atoms with Crippen LogP contribution in [-0.4, -0.2) is 54.1 Å². The van der Waals surface area contributed by atoms with E-state index in [4.69, 9.17) is 5.73 Å². The lowest BCUT2D eigenvalue weighted by atomic mass is 9.71. The zero-order valence-corrected chi connectivity index (χ0v) is 12.8. The Morgan fingerprint density at radius 1 is 0.947 bits per heavy atom. The minimum Gasteiger partial charge on any atom is -0.326 e. The largest absolute Gasteiger partial charge is 0.326 e. The van der Waals surface area contributed by atoms with Crippen LogP contribution in [0.3, 0.4) is 0 Å². The van der Waals surface area contributed by atoms with Gasteiger partial charge in [-0.1, -0.05) is 20.3 Å². The molecule has 0 aromatic rings. The van der Waals surface area contributed by atoms with Gasteiger partial charge in [-0.3, -0.25) is 9.80 Å². The number of hydrogen-bond acceptors (Lipinski definition) is 3. The Morgan fingerprint density at radius 3 is 2.42 bits per heavy atom. The molecule has 0 bridgehead atoms. The lowest BCUT2D eigenvalue weighted by Crippen LogP contribution is -2.56. The quantitative estimate of drug-likeness (QED) is 0.829. The third-order valence-corrected chi connectivity index (χ3v) is 5.96. The van der Waals surface area contributed by atoms with Crippen LogP contribution in [0, 0.1) is 5.41 Å². The highest BCUT2D eigenvalue weighted by Crippen LogP contribution is 2.38. The first-order valence-electron chi connectivity index (χ1n) is 8.31. The normalized spacial score (nSPS) is 40.9. The van der Waals surface area contributed by atoms with Crippen LogP contribution < -0.4 is 5.73 Å². The van der Waals surface area contributed by atoms with Gasteiger partial charge >= 0.3 is 0 Å². The van der Waals surface area contributed by atoms with Crippen molar-refractivity contribution in [2.75, 3.05) is 26.2 Å². The fourth-order valence-electron chi connectivity index (χ4n) is 4.52. The van der Waals surface area contributed by atoms with Crippen molar-refractivity contribution in [2.45, 2.75) is 70.5 Å². The molecule has 3 fully saturated rings. The number of hydrogen-bond donors (Lipinski definition) is 1. The lowest BCUT2D eigenvalue weighted by Gasteiger charge is -2.45. The molecule has 1 saturated carbocycles. The summed E-state index contributed by atoms with van der Waals surface area (Å²) in [5.41, 5.74) is 6.91. The highest BCUT2D eigenvalue weighted by atomic mass is 15.3. The van der Waals surface area contributed by atoms with Gasteiger partial charge in [-0.15, -0.1) is 0 Å². The van der Waals surface area contributed by atoms with E-state index in [2.05, 4.69) is 23.6 Å². The third-order valence-electron chi connectivity index (χ3n) is 5.96. The van der Waals surface area contributed by atoms with E-state index in [1.54, 1.807) is 0 Å². The molecule has 2 N–H and O–H groups in total. The summed E-state index contributed by atoms with van der Waals surface area (Å²) in [6.45, 7) is 9.93. The molecule has 0 aromatic carbocycles. The SMILES string of the molecule is CC1(C)CCCC(N2CCC(N3CCCC3)C2)C1N. The third kappa shape index (κ3) is 2.70. The Labute approximate surface area is 118 Å². The predicted octanol–water partition coefficient (Wildman–Crippen LogP) is 2.06. The average Bonchev–Trinajstić information content (AvgIpc) is 3.01. The molecule has 0 radical (unpaired) electrons. The molecule has 2 heterocycles. The van der Waals surface area contributed by atoms with E-state index in [9.17, 15) is 0 Å². The molecule has 0 aromatic heterocycles. The van der Waals surface area contributed by atoms with Gasteiger partial charge in [0.05, 0.1) is 0 Å². The number of likely N-dealkylation sites (tertiary alicyclic amines) is 2. The van der Waals surface area contributed by atoms with Gasteiger partial charge in [0, 0.05) is 31.2 Å². The molecule has 2 saturated heterocycles. The van der Waals surface area contributed by atoms with Gasteiger partial charge in [-0.25, -0.2) is 0 Å². The number of rotatable bonds is 2. The Balaban J connectivity index is 1.60. The lowest BCUT2D eigenvalue weighted by molar-refractivity contribution is 0.0781. The topological polar surface area (TPSA) is 32.5 Å².